The molecule has 1 aliphatic rings. The van der Waals surface area contributed by atoms with Crippen LogP contribution in [0.25, 0.3) is 0 Å². The summed E-state index contributed by atoms with van der Waals surface area (Å²) in [4.78, 5) is 0. The number of hydrogen-bond donors (Lipinski definition) is 0. The van der Waals surface area contributed by atoms with Gasteiger partial charge >= 0.3 is 0 Å². The van der Waals surface area contributed by atoms with Gasteiger partial charge in [-0.25, -0.2) is 0 Å². The largest absolute Gasteiger partial charge is 0.146 e. The van der Waals surface area contributed by atoms with Gasteiger partial charge in [-0.05, 0) is 104 Å². The lowest BCUT2D eigenvalue weighted by atomic mass is 9.99. The van der Waals surface area contributed by atoms with Crippen LogP contribution in [-0.4, -0.2) is 24.2 Å². The molecule has 0 radical (unpaired) electrons. The van der Waals surface area contributed by atoms with Crippen molar-refractivity contribution in [3.05, 3.63) is 105 Å². The Morgan fingerprint density at radius 2 is 0.467 bits per heavy atom. The molecule has 0 aliphatic heterocycles. The van der Waals surface area contributed by atoms with E-state index in [0.29, 0.717) is 49.9 Å². The lowest BCUT2D eigenvalue weighted by Gasteiger charge is -2.38. The van der Waals surface area contributed by atoms with Crippen molar-refractivity contribution < 1.29 is 0 Å². The molecule has 3 aromatic carbocycles. The Balaban J connectivity index is 2.02. The van der Waals surface area contributed by atoms with E-state index in [0.717, 1.165) is 50.1 Å². The molecule has 0 N–H and O–H groups in total. The van der Waals surface area contributed by atoms with Gasteiger partial charge in [0, 0.05) is 50.1 Å². The van der Waals surface area contributed by atoms with E-state index in [-0.39, 0.29) is 0 Å². The van der Waals surface area contributed by atoms with Crippen molar-refractivity contribution in [3.8, 4) is 69.9 Å². The third-order valence-electron chi connectivity index (χ3n) is 13.9. The van der Waals surface area contributed by atoms with Crippen molar-refractivity contribution in [3.63, 3.8) is 0 Å². The van der Waals surface area contributed by atoms with Gasteiger partial charge in [0.2, 0.25) is 0 Å². The predicted molar refractivity (Wildman–Crippen MR) is 271 cm³/mol. The first-order valence-corrected chi connectivity index (χ1v) is 29.4. The molecule has 0 nitrogen and oxygen atoms in total. The van der Waals surface area contributed by atoms with Crippen molar-refractivity contribution in [2.75, 3.05) is 0 Å². The van der Waals surface area contributed by atoms with Crippen LogP contribution in [0.5, 0.6) is 0 Å². The maximum absolute atomic E-state index is 3.92. The lowest BCUT2D eigenvalue weighted by molar-refractivity contribution is 0.838. The fourth-order valence-corrected chi connectivity index (χ4v) is 26.4. The quantitative estimate of drug-likeness (QED) is 0.116. The monoisotopic (exact) mass is 840 g/mol. The highest BCUT2D eigenvalue weighted by atomic mass is 28.3. The third-order valence-corrected chi connectivity index (χ3v) is 32.8. The van der Waals surface area contributed by atoms with Gasteiger partial charge in [0.25, 0.3) is 0 Å². The van der Waals surface area contributed by atoms with Gasteiger partial charge in [-0.15, -0.1) is 16.6 Å². The van der Waals surface area contributed by atoms with E-state index in [2.05, 4.69) is 249 Å². The molecule has 0 aromatic heterocycles. The molecule has 312 valence electrons. The van der Waals surface area contributed by atoms with Crippen molar-refractivity contribution in [2.24, 2.45) is 0 Å². The molecular formula is C57H72Si3. The summed E-state index contributed by atoms with van der Waals surface area (Å²) in [5.41, 5.74) is 25.0. The number of benzene rings is 3. The molecule has 0 heterocycles. The Morgan fingerprint density at radius 1 is 0.283 bits per heavy atom. The van der Waals surface area contributed by atoms with Gasteiger partial charge in [-0.2, -0.15) is 0 Å². The fraction of sp³-hybridized carbons (Fsp3) is 0.474. The average molecular weight is 841 g/mol. The highest BCUT2D eigenvalue weighted by Gasteiger charge is 2.43. The van der Waals surface area contributed by atoms with E-state index in [1.165, 1.54) is 0 Å². The zero-order chi connectivity index (χ0) is 44.7. The normalized spacial score (nSPS) is 12.4. The maximum atomic E-state index is 3.92. The third kappa shape index (κ3) is 10.1. The number of fused-ring (bicyclic) bond motifs is 3. The zero-order valence-corrected chi connectivity index (χ0v) is 43.4. The Morgan fingerprint density at radius 3 is 0.650 bits per heavy atom. The number of rotatable bonds is 9. The molecule has 1 aliphatic carbocycles. The van der Waals surface area contributed by atoms with Gasteiger partial charge in [-0.3, -0.25) is 0 Å². The van der Waals surface area contributed by atoms with Crippen molar-refractivity contribution >= 4 is 24.2 Å². The summed E-state index contributed by atoms with van der Waals surface area (Å²) in [6.45, 7) is 42.5. The number of hydrogen-bond acceptors (Lipinski definition) is 0. The second-order valence-electron chi connectivity index (χ2n) is 20.0. The lowest BCUT2D eigenvalue weighted by Crippen LogP contribution is -2.43. The summed E-state index contributed by atoms with van der Waals surface area (Å²) in [5.74, 6) is 32.2. The van der Waals surface area contributed by atoms with Crippen LogP contribution in [0.4, 0.5) is 0 Å². The molecule has 60 heavy (non-hydrogen) atoms. The SMILES string of the molecule is CC(C)[Si](C#Cc1ccc2c(c1)C#Cc1ccc(C#C[Si](C(C)C)(C(C)C)C(C)C)cc1C#Cc1ccc(C#C[Si](C(C)C)(C(C)C)C(C)C)cc1C#C2)(C(C)C)C(C)C. The Hall–Kier alpha value is -4.33. The standard InChI is InChI=1S/C57H72Si3/c1-40(2)58(41(3)4,42(5)6)34-31-49-19-22-52-26-29-56-38-51(33-36-60(46(13)14,47(15)16)48(17)18)21-24-54(56)27-30-57-39-50(20-23-53(57)25-28-55(52)37-49)32-35-59(43(7)8,44(9)10)45(11)12/h19-24,37-48H,1-18H3. The van der Waals surface area contributed by atoms with E-state index < -0.39 is 24.2 Å². The van der Waals surface area contributed by atoms with E-state index in [4.69, 9.17) is 0 Å². The molecule has 0 bridgehead atoms. The van der Waals surface area contributed by atoms with Crippen molar-refractivity contribution in [1.82, 2.24) is 0 Å². The molecule has 0 spiro atoms. The van der Waals surface area contributed by atoms with Crippen molar-refractivity contribution in [1.29, 1.82) is 0 Å². The van der Waals surface area contributed by atoms with Gasteiger partial charge in [0.1, 0.15) is 24.2 Å². The second-order valence-corrected chi connectivity index (χ2v) is 36.7. The van der Waals surface area contributed by atoms with Gasteiger partial charge in [-0.1, -0.05) is 178 Å². The van der Waals surface area contributed by atoms with Crippen LogP contribution < -0.4 is 0 Å². The average Bonchev–Trinajstić information content (AvgIpc) is 3.15. The van der Waals surface area contributed by atoms with Crippen LogP contribution in [0.15, 0.2) is 54.6 Å². The highest BCUT2D eigenvalue weighted by molar-refractivity contribution is 6.91. The Kier molecular flexibility index (Phi) is 16.1. The minimum Gasteiger partial charge on any atom is -0.125 e. The molecule has 0 unspecified atom stereocenters. The molecule has 0 saturated heterocycles. The van der Waals surface area contributed by atoms with Crippen LogP contribution >= 0.6 is 0 Å². The van der Waals surface area contributed by atoms with Gasteiger partial charge in [0.05, 0.1) is 0 Å². The highest BCUT2D eigenvalue weighted by Crippen LogP contribution is 2.43. The summed E-state index contributed by atoms with van der Waals surface area (Å²) in [6, 6.07) is 19.1. The van der Waals surface area contributed by atoms with Gasteiger partial charge < -0.3 is 0 Å². The first kappa shape index (κ1) is 48.3. The minimum absolute atomic E-state index is 0.557. The van der Waals surface area contributed by atoms with Crippen molar-refractivity contribution in [2.45, 2.75) is 174 Å². The van der Waals surface area contributed by atoms with E-state index >= 15 is 0 Å². The summed E-state index contributed by atoms with van der Waals surface area (Å²) in [6.07, 6.45) is 0. The maximum Gasteiger partial charge on any atom is 0.146 e. The summed E-state index contributed by atoms with van der Waals surface area (Å²) >= 11 is 0. The van der Waals surface area contributed by atoms with Gasteiger partial charge in [0.15, 0.2) is 0 Å². The van der Waals surface area contributed by atoms with E-state index in [9.17, 15) is 0 Å². The summed E-state index contributed by atoms with van der Waals surface area (Å²) in [7, 11) is -5.77. The molecule has 0 fully saturated rings. The van der Waals surface area contributed by atoms with E-state index in [1.54, 1.807) is 0 Å². The fourth-order valence-electron chi connectivity index (χ4n) is 10.7. The Labute approximate surface area is 371 Å². The first-order valence-electron chi connectivity index (χ1n) is 22.7. The second kappa shape index (κ2) is 20.0. The molecule has 0 amide bonds. The van der Waals surface area contributed by atoms with Crippen LogP contribution in [0.2, 0.25) is 49.9 Å². The molecule has 0 atom stereocenters. The molecule has 0 saturated carbocycles. The summed E-state index contributed by atoms with van der Waals surface area (Å²) < 4.78 is 0. The summed E-state index contributed by atoms with van der Waals surface area (Å²) in [5, 5.41) is 0. The zero-order valence-electron chi connectivity index (χ0n) is 40.4. The van der Waals surface area contributed by atoms with Crippen LogP contribution in [0, 0.1) is 69.9 Å². The molecular weight excluding hydrogens is 769 g/mol. The first-order chi connectivity index (χ1) is 28.1. The van der Waals surface area contributed by atoms with Crippen LogP contribution in [0.3, 0.4) is 0 Å². The van der Waals surface area contributed by atoms with Crippen LogP contribution in [-0.2, 0) is 0 Å². The minimum atomic E-state index is -1.92. The predicted octanol–water partition coefficient (Wildman–Crippen LogP) is 14.9. The smallest absolute Gasteiger partial charge is 0.125 e. The van der Waals surface area contributed by atoms with E-state index in [1.807, 2.05) is 0 Å². The Bertz CT molecular complexity index is 2090. The topological polar surface area (TPSA) is 0 Å². The molecule has 3 heteroatoms. The molecule has 4 rings (SSSR count). The molecule has 3 aromatic rings. The van der Waals surface area contributed by atoms with Crippen LogP contribution in [0.1, 0.15) is 175 Å².